The smallest absolute Gasteiger partial charge is 0.186 e. The minimum atomic E-state index is 0.532. The van der Waals surface area contributed by atoms with Gasteiger partial charge in [-0.2, -0.15) is 11.8 Å². The van der Waals surface area contributed by atoms with Crippen LogP contribution in [0.15, 0.2) is 0 Å². The summed E-state index contributed by atoms with van der Waals surface area (Å²) in [6.45, 7) is 1.87. The fraction of sp³-hybridized carbons (Fsp3) is 0.500. The second-order valence-electron chi connectivity index (χ2n) is 2.68. The first-order valence-electron chi connectivity index (χ1n) is 4.10. The average Bonchev–Trinajstić information content (AvgIpc) is 2.17. The van der Waals surface area contributed by atoms with Gasteiger partial charge in [0, 0.05) is 0 Å². The molecule has 0 amide bonds. The first-order valence-corrected chi connectivity index (χ1v) is 5.49. The second kappa shape index (κ2) is 5.02. The van der Waals surface area contributed by atoms with Gasteiger partial charge in [0.2, 0.25) is 0 Å². The van der Waals surface area contributed by atoms with E-state index in [1.165, 1.54) is 0 Å². The molecule has 0 saturated carbocycles. The van der Waals surface area contributed by atoms with Crippen LogP contribution in [-0.2, 0) is 5.75 Å². The van der Waals surface area contributed by atoms with Gasteiger partial charge in [-0.1, -0.05) is 0 Å². The Labute approximate surface area is 87.4 Å². The molecule has 1 aromatic heterocycles. The lowest BCUT2D eigenvalue weighted by Crippen LogP contribution is -2.13. The van der Waals surface area contributed by atoms with Crippen LogP contribution >= 0.6 is 11.8 Å². The average molecular weight is 214 g/mol. The molecule has 0 atom stereocenters. The van der Waals surface area contributed by atoms with Crippen molar-refractivity contribution in [3.8, 4) is 5.75 Å². The van der Waals surface area contributed by atoms with Crippen LogP contribution in [0.1, 0.15) is 11.5 Å². The highest BCUT2D eigenvalue weighted by molar-refractivity contribution is 7.97. The maximum absolute atomic E-state index is 5.33. The van der Waals surface area contributed by atoms with E-state index in [4.69, 9.17) is 10.6 Å². The van der Waals surface area contributed by atoms with E-state index in [2.05, 4.69) is 15.4 Å². The number of aryl methyl sites for hydroxylation is 1. The number of aromatic nitrogens is 2. The summed E-state index contributed by atoms with van der Waals surface area (Å²) >= 11 is 1.66. The Morgan fingerprint density at radius 3 is 2.71 bits per heavy atom. The number of methoxy groups -OCH3 is 1. The van der Waals surface area contributed by atoms with E-state index in [1.807, 2.05) is 13.2 Å². The van der Waals surface area contributed by atoms with E-state index in [-0.39, 0.29) is 0 Å². The topological polar surface area (TPSA) is 73.1 Å². The number of nitrogens with one attached hydrogen (secondary N) is 1. The van der Waals surface area contributed by atoms with Gasteiger partial charge in [-0.05, 0) is 13.2 Å². The van der Waals surface area contributed by atoms with Gasteiger partial charge >= 0.3 is 0 Å². The van der Waals surface area contributed by atoms with Gasteiger partial charge < -0.3 is 10.2 Å². The second-order valence-corrected chi connectivity index (χ2v) is 3.55. The van der Waals surface area contributed by atoms with Crippen molar-refractivity contribution in [2.45, 2.75) is 12.7 Å². The number of ether oxygens (including phenoxy) is 1. The van der Waals surface area contributed by atoms with Crippen LogP contribution in [0.5, 0.6) is 5.75 Å². The molecule has 0 bridgehead atoms. The summed E-state index contributed by atoms with van der Waals surface area (Å²) in [5.74, 6) is 7.98. The Morgan fingerprint density at radius 2 is 2.21 bits per heavy atom. The van der Waals surface area contributed by atoms with Crippen LogP contribution in [0.2, 0.25) is 0 Å². The summed E-state index contributed by atoms with van der Waals surface area (Å²) < 4.78 is 5.13. The number of thioether (sulfide) groups is 1. The van der Waals surface area contributed by atoms with Crippen molar-refractivity contribution in [1.29, 1.82) is 0 Å². The van der Waals surface area contributed by atoms with Crippen LogP contribution in [0, 0.1) is 6.92 Å². The molecular weight excluding hydrogens is 200 g/mol. The molecule has 0 saturated heterocycles. The molecule has 78 valence electrons. The lowest BCUT2D eigenvalue weighted by Gasteiger charge is -2.10. The number of hydrazine groups is 1. The standard InChI is InChI=1S/C8H14N4OS/c1-5-7(13-2)8(12-9)11-6(10-5)4-14-3/h4,9H2,1-3H3,(H,10,11,12). The quantitative estimate of drug-likeness (QED) is 0.574. The number of rotatable bonds is 4. The number of nitrogen functional groups attached to an aromatic ring is 1. The third-order valence-electron chi connectivity index (χ3n) is 1.70. The zero-order chi connectivity index (χ0) is 10.6. The molecule has 14 heavy (non-hydrogen) atoms. The molecule has 0 aliphatic carbocycles. The highest BCUT2D eigenvalue weighted by Crippen LogP contribution is 2.24. The molecule has 0 aromatic carbocycles. The molecule has 1 rings (SSSR count). The molecule has 0 fully saturated rings. The molecule has 0 aliphatic rings. The Morgan fingerprint density at radius 1 is 1.50 bits per heavy atom. The van der Waals surface area contributed by atoms with Gasteiger partial charge in [0.25, 0.3) is 0 Å². The minimum absolute atomic E-state index is 0.532. The third-order valence-corrected chi connectivity index (χ3v) is 2.24. The summed E-state index contributed by atoms with van der Waals surface area (Å²) in [7, 11) is 1.57. The van der Waals surface area contributed by atoms with Crippen molar-refractivity contribution in [2.75, 3.05) is 18.8 Å². The van der Waals surface area contributed by atoms with Gasteiger partial charge in [0.15, 0.2) is 11.6 Å². The molecule has 0 unspecified atom stereocenters. The van der Waals surface area contributed by atoms with Crippen molar-refractivity contribution in [3.05, 3.63) is 11.5 Å². The van der Waals surface area contributed by atoms with E-state index in [1.54, 1.807) is 18.9 Å². The Kier molecular flexibility index (Phi) is 3.97. The maximum Gasteiger partial charge on any atom is 0.186 e. The molecule has 0 spiro atoms. The number of nitrogens with zero attached hydrogens (tertiary/aromatic N) is 2. The minimum Gasteiger partial charge on any atom is -0.491 e. The molecule has 0 aliphatic heterocycles. The van der Waals surface area contributed by atoms with Crippen molar-refractivity contribution >= 4 is 17.6 Å². The molecular formula is C8H14N4OS. The Balaban J connectivity index is 3.10. The summed E-state index contributed by atoms with van der Waals surface area (Å²) in [6.07, 6.45) is 2.00. The van der Waals surface area contributed by atoms with Crippen molar-refractivity contribution < 1.29 is 4.74 Å². The Hall–Kier alpha value is -1.01. The Bertz CT molecular complexity index is 318. The summed E-state index contributed by atoms with van der Waals surface area (Å²) in [5, 5.41) is 0. The van der Waals surface area contributed by atoms with E-state index in [9.17, 15) is 0 Å². The van der Waals surface area contributed by atoms with Crippen molar-refractivity contribution in [1.82, 2.24) is 9.97 Å². The van der Waals surface area contributed by atoms with Gasteiger partial charge in [0.05, 0.1) is 18.6 Å². The normalized spacial score (nSPS) is 10.0. The van der Waals surface area contributed by atoms with E-state index in [0.29, 0.717) is 11.6 Å². The molecule has 3 N–H and O–H groups in total. The van der Waals surface area contributed by atoms with E-state index < -0.39 is 0 Å². The predicted molar refractivity (Wildman–Crippen MR) is 58.4 cm³/mol. The van der Waals surface area contributed by atoms with Crippen LogP contribution in [-0.4, -0.2) is 23.3 Å². The van der Waals surface area contributed by atoms with Crippen LogP contribution in [0.4, 0.5) is 5.82 Å². The highest BCUT2D eigenvalue weighted by atomic mass is 32.2. The number of nitrogens with two attached hydrogens (primary N) is 1. The molecule has 1 heterocycles. The number of hydrogen-bond acceptors (Lipinski definition) is 6. The fourth-order valence-electron chi connectivity index (χ4n) is 1.16. The number of anilines is 1. The molecule has 1 aromatic rings. The lowest BCUT2D eigenvalue weighted by molar-refractivity contribution is 0.408. The van der Waals surface area contributed by atoms with E-state index in [0.717, 1.165) is 17.3 Å². The van der Waals surface area contributed by atoms with E-state index >= 15 is 0 Å². The van der Waals surface area contributed by atoms with Crippen LogP contribution in [0.25, 0.3) is 0 Å². The maximum atomic E-state index is 5.33. The first-order chi connectivity index (χ1) is 6.72. The van der Waals surface area contributed by atoms with Crippen molar-refractivity contribution in [2.24, 2.45) is 5.84 Å². The summed E-state index contributed by atoms with van der Waals surface area (Å²) in [5.41, 5.74) is 3.29. The highest BCUT2D eigenvalue weighted by Gasteiger charge is 2.10. The summed E-state index contributed by atoms with van der Waals surface area (Å²) in [6, 6.07) is 0. The lowest BCUT2D eigenvalue weighted by atomic mass is 10.4. The molecule has 5 nitrogen and oxygen atoms in total. The zero-order valence-electron chi connectivity index (χ0n) is 8.50. The van der Waals surface area contributed by atoms with Crippen molar-refractivity contribution in [3.63, 3.8) is 0 Å². The zero-order valence-corrected chi connectivity index (χ0v) is 9.31. The van der Waals surface area contributed by atoms with Gasteiger partial charge in [0.1, 0.15) is 5.82 Å². The fourth-order valence-corrected chi connectivity index (χ4v) is 1.54. The number of hydrogen-bond donors (Lipinski definition) is 2. The SMILES string of the molecule is COc1c(C)nc(CSC)nc1NN. The predicted octanol–water partition coefficient (Wildman–Crippen LogP) is 0.942. The van der Waals surface area contributed by atoms with Gasteiger partial charge in [-0.15, -0.1) is 0 Å². The summed E-state index contributed by atoms with van der Waals surface area (Å²) in [4.78, 5) is 8.51. The molecule has 6 heteroatoms. The van der Waals surface area contributed by atoms with Crippen LogP contribution in [0.3, 0.4) is 0 Å². The van der Waals surface area contributed by atoms with Gasteiger partial charge in [-0.25, -0.2) is 15.8 Å². The molecule has 0 radical (unpaired) electrons. The first kappa shape index (κ1) is 11.1. The monoisotopic (exact) mass is 214 g/mol. The third kappa shape index (κ3) is 2.27. The largest absolute Gasteiger partial charge is 0.491 e. The van der Waals surface area contributed by atoms with Gasteiger partial charge in [-0.3, -0.25) is 0 Å². The van der Waals surface area contributed by atoms with Crippen LogP contribution < -0.4 is 16.0 Å².